The number of thiocarbonyl (C=S) groups is 1. The van der Waals surface area contributed by atoms with Crippen LogP contribution in [0.25, 0.3) is 0 Å². The minimum absolute atomic E-state index is 0.0647. The zero-order valence-corrected chi connectivity index (χ0v) is 13.5. The van der Waals surface area contributed by atoms with Crippen LogP contribution in [0.15, 0.2) is 24.3 Å². The Hall–Kier alpha value is -1.99. The Bertz CT molecular complexity index is 517. The first-order chi connectivity index (χ1) is 10.4. The van der Waals surface area contributed by atoms with Gasteiger partial charge in [-0.05, 0) is 23.6 Å². The SMILES string of the molecule is CC(C)[C@H](N)C(=S)NCC(=O)Nc1ccc(COC=O)cc1. The first-order valence-electron chi connectivity index (χ1n) is 6.91. The number of carbonyl (C=O) groups is 2. The fourth-order valence-electron chi connectivity index (χ4n) is 1.61. The molecule has 6 nitrogen and oxygen atoms in total. The molecule has 0 unspecified atom stereocenters. The van der Waals surface area contributed by atoms with E-state index in [-0.39, 0.29) is 31.0 Å². The molecular weight excluding hydrogens is 302 g/mol. The lowest BCUT2D eigenvalue weighted by Crippen LogP contribution is -2.45. The van der Waals surface area contributed by atoms with Crippen molar-refractivity contribution in [1.29, 1.82) is 0 Å². The summed E-state index contributed by atoms with van der Waals surface area (Å²) in [5, 5.41) is 5.60. The van der Waals surface area contributed by atoms with Gasteiger partial charge in [-0.15, -0.1) is 0 Å². The maximum absolute atomic E-state index is 11.8. The van der Waals surface area contributed by atoms with E-state index in [0.29, 0.717) is 17.1 Å². The summed E-state index contributed by atoms with van der Waals surface area (Å²) in [5.74, 6) is -0.000567. The molecule has 0 radical (unpaired) electrons. The molecule has 1 atom stereocenters. The van der Waals surface area contributed by atoms with Crippen molar-refractivity contribution in [3.8, 4) is 0 Å². The molecular formula is C15H21N3O3S. The minimum atomic E-state index is -0.264. The van der Waals surface area contributed by atoms with E-state index in [1.54, 1.807) is 24.3 Å². The summed E-state index contributed by atoms with van der Waals surface area (Å²) in [6.07, 6.45) is 0. The van der Waals surface area contributed by atoms with Crippen LogP contribution in [0.1, 0.15) is 19.4 Å². The third-order valence-corrected chi connectivity index (χ3v) is 3.42. The highest BCUT2D eigenvalue weighted by atomic mass is 32.1. The zero-order chi connectivity index (χ0) is 16.5. The normalized spacial score (nSPS) is 11.6. The maximum atomic E-state index is 11.8. The number of benzene rings is 1. The third kappa shape index (κ3) is 6.19. The van der Waals surface area contributed by atoms with Crippen LogP contribution < -0.4 is 16.4 Å². The van der Waals surface area contributed by atoms with Crippen molar-refractivity contribution in [2.45, 2.75) is 26.5 Å². The average molecular weight is 323 g/mol. The highest BCUT2D eigenvalue weighted by Crippen LogP contribution is 2.10. The predicted octanol–water partition coefficient (Wildman–Crippen LogP) is 1.20. The van der Waals surface area contributed by atoms with Crippen molar-refractivity contribution in [1.82, 2.24) is 5.32 Å². The highest BCUT2D eigenvalue weighted by molar-refractivity contribution is 7.80. The van der Waals surface area contributed by atoms with Crippen molar-refractivity contribution >= 4 is 35.3 Å². The van der Waals surface area contributed by atoms with Crippen LogP contribution in [0, 0.1) is 5.92 Å². The molecule has 4 N–H and O–H groups in total. The second kappa shape index (κ2) is 9.11. The lowest BCUT2D eigenvalue weighted by molar-refractivity contribution is -0.129. The second-order valence-electron chi connectivity index (χ2n) is 5.14. The summed E-state index contributed by atoms with van der Waals surface area (Å²) in [6, 6.07) is 6.75. The summed E-state index contributed by atoms with van der Waals surface area (Å²) in [4.78, 5) is 22.4. The number of hydrogen-bond acceptors (Lipinski definition) is 5. The topological polar surface area (TPSA) is 93.4 Å². The first-order valence-corrected chi connectivity index (χ1v) is 7.32. The molecule has 0 heterocycles. The Morgan fingerprint density at radius 3 is 2.55 bits per heavy atom. The second-order valence-corrected chi connectivity index (χ2v) is 5.58. The molecule has 1 aromatic rings. The van der Waals surface area contributed by atoms with Gasteiger partial charge in [0.25, 0.3) is 6.47 Å². The van der Waals surface area contributed by atoms with E-state index >= 15 is 0 Å². The van der Waals surface area contributed by atoms with Crippen molar-refractivity contribution in [2.75, 3.05) is 11.9 Å². The monoisotopic (exact) mass is 323 g/mol. The number of nitrogens with two attached hydrogens (primary N) is 1. The van der Waals surface area contributed by atoms with E-state index in [1.165, 1.54) is 0 Å². The van der Waals surface area contributed by atoms with Crippen LogP contribution in [0.3, 0.4) is 0 Å². The minimum Gasteiger partial charge on any atom is -0.463 e. The standard InChI is InChI=1S/C15H21N3O3S/c1-10(2)14(16)15(22)17-7-13(20)18-12-5-3-11(4-6-12)8-21-9-19/h3-6,9-10,14H,7-8,16H2,1-2H3,(H,17,22)(H,18,20)/t14-/m0/s1. The van der Waals surface area contributed by atoms with Crippen molar-refractivity contribution in [2.24, 2.45) is 11.7 Å². The van der Waals surface area contributed by atoms with Gasteiger partial charge in [0, 0.05) is 5.69 Å². The third-order valence-electron chi connectivity index (χ3n) is 3.00. The fraction of sp³-hybridized carbons (Fsp3) is 0.400. The van der Waals surface area contributed by atoms with Crippen LogP contribution in [0.4, 0.5) is 5.69 Å². The molecule has 22 heavy (non-hydrogen) atoms. The van der Waals surface area contributed by atoms with Gasteiger partial charge >= 0.3 is 0 Å². The molecule has 1 amide bonds. The molecule has 120 valence electrons. The number of carbonyl (C=O) groups excluding carboxylic acids is 2. The molecule has 7 heteroatoms. The van der Waals surface area contributed by atoms with E-state index in [2.05, 4.69) is 15.4 Å². The Morgan fingerprint density at radius 1 is 1.36 bits per heavy atom. The van der Waals surface area contributed by atoms with E-state index < -0.39 is 0 Å². The van der Waals surface area contributed by atoms with Crippen LogP contribution in [-0.2, 0) is 20.9 Å². The summed E-state index contributed by atoms with van der Waals surface area (Å²) in [5.41, 5.74) is 7.38. The van der Waals surface area contributed by atoms with Gasteiger partial charge in [0.1, 0.15) is 6.61 Å². The molecule has 0 aliphatic rings. The lowest BCUT2D eigenvalue weighted by atomic mass is 10.1. The molecule has 0 aromatic heterocycles. The van der Waals surface area contributed by atoms with Gasteiger partial charge < -0.3 is 21.1 Å². The van der Waals surface area contributed by atoms with Gasteiger partial charge in [-0.3, -0.25) is 9.59 Å². The van der Waals surface area contributed by atoms with E-state index in [4.69, 9.17) is 18.0 Å². The average Bonchev–Trinajstić information content (AvgIpc) is 2.51. The van der Waals surface area contributed by atoms with Crippen LogP contribution in [-0.4, -0.2) is 30.0 Å². The molecule has 0 bridgehead atoms. The van der Waals surface area contributed by atoms with Gasteiger partial charge in [-0.25, -0.2) is 0 Å². The summed E-state index contributed by atoms with van der Waals surface area (Å²) in [7, 11) is 0. The summed E-state index contributed by atoms with van der Waals surface area (Å²) < 4.78 is 4.64. The molecule has 0 saturated carbocycles. The Morgan fingerprint density at radius 2 is 2.00 bits per heavy atom. The maximum Gasteiger partial charge on any atom is 0.293 e. The number of nitrogens with one attached hydrogen (secondary N) is 2. The summed E-state index contributed by atoms with van der Waals surface area (Å²) in [6.45, 7) is 4.60. The van der Waals surface area contributed by atoms with Crippen molar-refractivity contribution in [3.05, 3.63) is 29.8 Å². The lowest BCUT2D eigenvalue weighted by Gasteiger charge is -2.18. The number of rotatable bonds is 8. The van der Waals surface area contributed by atoms with Crippen LogP contribution in [0.2, 0.25) is 0 Å². The fourth-order valence-corrected chi connectivity index (χ4v) is 1.95. The number of hydrogen-bond donors (Lipinski definition) is 3. The van der Waals surface area contributed by atoms with E-state index in [1.807, 2.05) is 13.8 Å². The Labute approximate surface area is 135 Å². The molecule has 0 aliphatic carbocycles. The van der Waals surface area contributed by atoms with Gasteiger partial charge in [0.15, 0.2) is 0 Å². The smallest absolute Gasteiger partial charge is 0.293 e. The van der Waals surface area contributed by atoms with Crippen LogP contribution in [0.5, 0.6) is 0 Å². The van der Waals surface area contributed by atoms with Gasteiger partial charge in [0.2, 0.25) is 5.91 Å². The number of anilines is 1. The molecule has 0 spiro atoms. The molecule has 0 fully saturated rings. The van der Waals surface area contributed by atoms with E-state index in [9.17, 15) is 9.59 Å². The largest absolute Gasteiger partial charge is 0.463 e. The Kier molecular flexibility index (Phi) is 7.48. The quantitative estimate of drug-likeness (QED) is 0.492. The van der Waals surface area contributed by atoms with E-state index in [0.717, 1.165) is 5.56 Å². The zero-order valence-electron chi connectivity index (χ0n) is 12.7. The molecule has 1 aromatic carbocycles. The highest BCUT2D eigenvalue weighted by Gasteiger charge is 2.14. The number of amides is 1. The summed E-state index contributed by atoms with van der Waals surface area (Å²) >= 11 is 5.14. The predicted molar refractivity (Wildman–Crippen MR) is 89.3 cm³/mol. The first kappa shape index (κ1) is 18.1. The Balaban J connectivity index is 2.41. The van der Waals surface area contributed by atoms with Gasteiger partial charge in [0.05, 0.1) is 17.6 Å². The van der Waals surface area contributed by atoms with Crippen LogP contribution >= 0.6 is 12.2 Å². The van der Waals surface area contributed by atoms with Gasteiger partial charge in [-0.2, -0.15) is 0 Å². The molecule has 0 aliphatic heterocycles. The van der Waals surface area contributed by atoms with Crippen molar-refractivity contribution < 1.29 is 14.3 Å². The van der Waals surface area contributed by atoms with Crippen molar-refractivity contribution in [3.63, 3.8) is 0 Å². The van der Waals surface area contributed by atoms with Gasteiger partial charge in [-0.1, -0.05) is 38.2 Å². The number of ether oxygens (including phenoxy) is 1. The molecule has 1 rings (SSSR count). The molecule has 0 saturated heterocycles.